The first-order valence-electron chi connectivity index (χ1n) is 13.9. The van der Waals surface area contributed by atoms with Gasteiger partial charge in [0, 0.05) is 45.9 Å². The molecule has 0 radical (unpaired) electrons. The summed E-state index contributed by atoms with van der Waals surface area (Å²) in [6.45, 7) is 3.50. The largest absolute Gasteiger partial charge is 1.00 e. The molecule has 2 heterocycles. The van der Waals surface area contributed by atoms with Gasteiger partial charge in [-0.2, -0.15) is 10.5 Å². The number of rotatable bonds is 8. The number of aromatic nitrogens is 2. The van der Waals surface area contributed by atoms with Crippen LogP contribution in [-0.4, -0.2) is 55.0 Å². The van der Waals surface area contributed by atoms with Crippen molar-refractivity contribution >= 4 is 35.9 Å². The maximum atomic E-state index is 10.2. The minimum atomic E-state index is 0. The monoisotopic (exact) mass is 702 g/mol. The Hall–Kier alpha value is -4.05. The number of nitrogens with zero attached hydrogens (tertiary/aromatic N) is 4. The van der Waals surface area contributed by atoms with Crippen LogP contribution in [0.25, 0.3) is 6.08 Å². The normalized spacial score (nSPS) is 9.21. The molecule has 4 aromatic rings. The summed E-state index contributed by atoms with van der Waals surface area (Å²) in [5.41, 5.74) is 1.57. The number of hydrogen-bond donors (Lipinski definition) is 3. The zero-order valence-electron chi connectivity index (χ0n) is 27.6. The number of thioether (sulfide) groups is 2. The molecule has 0 fully saturated rings. The summed E-state index contributed by atoms with van der Waals surface area (Å²) in [4.78, 5) is 10.7. The predicted molar refractivity (Wildman–Crippen MR) is 178 cm³/mol. The Morgan fingerprint density at radius 1 is 0.833 bits per heavy atom. The van der Waals surface area contributed by atoms with Crippen LogP contribution in [0.15, 0.2) is 112 Å². The fourth-order valence-corrected chi connectivity index (χ4v) is 4.22. The first kappa shape index (κ1) is 46.1. The van der Waals surface area contributed by atoms with E-state index in [0.29, 0.717) is 26.3 Å². The van der Waals surface area contributed by atoms with Gasteiger partial charge in [0.1, 0.15) is 23.9 Å². The minimum Gasteiger partial charge on any atom is -0.855 e. The van der Waals surface area contributed by atoms with Gasteiger partial charge in [-0.3, -0.25) is 15.2 Å². The molecule has 0 aliphatic rings. The smallest absolute Gasteiger partial charge is 0.855 e. The Morgan fingerprint density at radius 2 is 1.27 bits per heavy atom. The molecule has 0 aliphatic heterocycles. The number of aliphatic hydroxyl groups excluding tert-OH is 1. The maximum Gasteiger partial charge on any atom is 1.00 e. The number of methoxy groups -OCH3 is 2. The van der Waals surface area contributed by atoms with Crippen LogP contribution in [0, 0.1) is 22.7 Å². The quantitative estimate of drug-likeness (QED) is 0.0608. The van der Waals surface area contributed by atoms with Crippen LogP contribution in [0.5, 0.6) is 11.5 Å². The van der Waals surface area contributed by atoms with Gasteiger partial charge in [-0.05, 0) is 90.6 Å². The van der Waals surface area contributed by atoms with Crippen molar-refractivity contribution in [3.8, 4) is 23.6 Å². The fraction of sp³-hybridized carbons (Fsp3) is 0.206. The van der Waals surface area contributed by atoms with E-state index in [0.717, 1.165) is 32.8 Å². The molecule has 0 saturated carbocycles. The standard InChI is InChI=1S/C15H13N2O2S.C8H8O2.C7H7N2OS.C2H6O.C2H5O.Na/c1-19-13-7-5-12(6-8-13)10-14(11-16)20-15-4-2-3-9-17(15)18;1-10-8-4-2-7(6-9)3-5-8;8-4-6-11-7-3-1-2-5-9(7)10;2*1-2-3;/h2-10,18H,1H3;2-6H,1H3;1-3,5,10H,6H2;3H,2H2,1H3;2H2,1H3;/q+1;;+1;;-1;+1. The maximum absolute atomic E-state index is 10.2. The van der Waals surface area contributed by atoms with Gasteiger partial charge in [-0.25, -0.2) is 0 Å². The number of hydrogen-bond acceptors (Lipinski definition) is 11. The number of carbonyl (C=O) groups excluding carboxylic acids is 1. The van der Waals surface area contributed by atoms with Crippen LogP contribution in [-0.2, 0) is 0 Å². The van der Waals surface area contributed by atoms with Crippen LogP contribution in [0.1, 0.15) is 29.8 Å². The molecule has 0 spiro atoms. The zero-order valence-corrected chi connectivity index (χ0v) is 31.2. The third kappa shape index (κ3) is 20.9. The van der Waals surface area contributed by atoms with E-state index >= 15 is 0 Å². The molecule has 2 aromatic heterocycles. The molecular weight excluding hydrogens is 664 g/mol. The first-order chi connectivity index (χ1) is 22.8. The number of ether oxygens (including phenoxy) is 2. The summed E-state index contributed by atoms with van der Waals surface area (Å²) in [5.74, 6) is 1.89. The second kappa shape index (κ2) is 30.3. The summed E-state index contributed by atoms with van der Waals surface area (Å²) >= 11 is 2.50. The molecule has 0 amide bonds. The molecule has 0 bridgehead atoms. The molecule has 48 heavy (non-hydrogen) atoms. The Kier molecular flexibility index (Phi) is 29.1. The second-order valence-electron chi connectivity index (χ2n) is 8.21. The third-order valence-electron chi connectivity index (χ3n) is 4.88. The number of aliphatic hydroxyl groups is 1. The molecule has 0 atom stereocenters. The van der Waals surface area contributed by atoms with Crippen molar-refractivity contribution in [3.05, 3.63) is 113 Å². The topological polar surface area (TPSA) is 175 Å². The van der Waals surface area contributed by atoms with E-state index in [2.05, 4.69) is 6.07 Å². The molecule has 11 nitrogen and oxygen atoms in total. The van der Waals surface area contributed by atoms with Gasteiger partial charge >= 0.3 is 29.6 Å². The van der Waals surface area contributed by atoms with Gasteiger partial charge in [-0.15, -0.1) is 6.61 Å². The fourth-order valence-electron chi connectivity index (χ4n) is 2.87. The van der Waals surface area contributed by atoms with E-state index in [4.69, 9.17) is 30.2 Å². The molecule has 0 saturated heterocycles. The molecule has 248 valence electrons. The van der Waals surface area contributed by atoms with E-state index in [1.807, 2.05) is 36.4 Å². The van der Waals surface area contributed by atoms with Gasteiger partial charge in [0.25, 0.3) is 10.1 Å². The average Bonchev–Trinajstić information content (AvgIpc) is 3.10. The molecule has 2 aromatic carbocycles. The summed E-state index contributed by atoms with van der Waals surface area (Å²) in [6, 6.07) is 29.0. The van der Waals surface area contributed by atoms with Gasteiger partial charge in [0.05, 0.1) is 30.9 Å². The molecule has 14 heteroatoms. The third-order valence-corrected chi connectivity index (χ3v) is 6.73. The van der Waals surface area contributed by atoms with E-state index in [1.54, 1.807) is 88.7 Å². The van der Waals surface area contributed by atoms with Gasteiger partial charge in [0.15, 0.2) is 0 Å². The van der Waals surface area contributed by atoms with Crippen LogP contribution >= 0.6 is 23.5 Å². The predicted octanol–water partition coefficient (Wildman–Crippen LogP) is 1.58. The van der Waals surface area contributed by atoms with Crippen LogP contribution in [0.4, 0.5) is 0 Å². The van der Waals surface area contributed by atoms with Crippen molar-refractivity contribution in [2.75, 3.05) is 33.2 Å². The summed E-state index contributed by atoms with van der Waals surface area (Å²) in [5, 5.41) is 54.0. The summed E-state index contributed by atoms with van der Waals surface area (Å²) in [6.07, 6.45) is 5.61. The Balaban J connectivity index is 0. The first-order valence-corrected chi connectivity index (χ1v) is 15.7. The number of nitriles is 2. The number of pyridine rings is 2. The van der Waals surface area contributed by atoms with Crippen molar-refractivity contribution in [1.29, 1.82) is 10.5 Å². The van der Waals surface area contributed by atoms with E-state index < -0.39 is 0 Å². The van der Waals surface area contributed by atoms with Crippen LogP contribution in [0.2, 0.25) is 0 Å². The van der Waals surface area contributed by atoms with Gasteiger partial charge in [-0.1, -0.05) is 19.1 Å². The molecular formula is C34H39N4NaO7S2+2. The van der Waals surface area contributed by atoms with Crippen LogP contribution < -0.4 is 53.6 Å². The Bertz CT molecular complexity index is 1550. The SMILES string of the molecule is CCO.CC[O-].COc1ccc(C=C(C#N)Sc2cccc[n+]2O)cc1.COc1ccc(C=O)cc1.N#CCSc1cccc[n+]1O.[Na+]. The number of aldehydes is 1. The average molecular weight is 703 g/mol. The van der Waals surface area contributed by atoms with Gasteiger partial charge < -0.3 is 19.7 Å². The Labute approximate surface area is 312 Å². The minimum absolute atomic E-state index is 0. The van der Waals surface area contributed by atoms with E-state index in [9.17, 15) is 15.3 Å². The van der Waals surface area contributed by atoms with Crippen molar-refractivity contribution in [1.82, 2.24) is 0 Å². The van der Waals surface area contributed by atoms with E-state index in [-0.39, 0.29) is 42.8 Å². The van der Waals surface area contributed by atoms with Crippen molar-refractivity contribution in [2.45, 2.75) is 23.9 Å². The van der Waals surface area contributed by atoms with Crippen LogP contribution in [0.3, 0.4) is 0 Å². The molecule has 4 rings (SSSR count). The van der Waals surface area contributed by atoms with Crippen molar-refractivity contribution < 1.29 is 73.9 Å². The molecule has 0 aliphatic carbocycles. The number of benzene rings is 2. The molecule has 0 unspecified atom stereocenters. The summed E-state index contributed by atoms with van der Waals surface area (Å²) < 4.78 is 12.0. The second-order valence-corrected chi connectivity index (χ2v) is 10.3. The number of carbonyl (C=O) groups is 1. The van der Waals surface area contributed by atoms with Gasteiger partial charge in [0.2, 0.25) is 12.4 Å². The Morgan fingerprint density at radius 3 is 1.65 bits per heavy atom. The van der Waals surface area contributed by atoms with Crippen molar-refractivity contribution in [3.63, 3.8) is 0 Å². The van der Waals surface area contributed by atoms with Crippen molar-refractivity contribution in [2.24, 2.45) is 0 Å². The number of allylic oxidation sites excluding steroid dienone is 1. The summed E-state index contributed by atoms with van der Waals surface area (Å²) in [7, 11) is 3.20. The zero-order chi connectivity index (χ0) is 35.3. The van der Waals surface area contributed by atoms with E-state index in [1.165, 1.54) is 35.9 Å². The molecule has 3 N–H and O–H groups in total.